The first kappa shape index (κ1) is 38.6. The molecule has 3 amide bonds. The zero-order valence-corrected chi connectivity index (χ0v) is 32.6. The van der Waals surface area contributed by atoms with Gasteiger partial charge in [-0.05, 0) is 88.9 Å². The number of carbonyl (C=O) groups excluding carboxylic acids is 3. The Morgan fingerprint density at radius 2 is 1.76 bits per heavy atom. The molecule has 7 N–H and O–H groups in total. The number of hydrogen-bond donors (Lipinski definition) is 7. The number of ether oxygens (including phenoxy) is 1. The normalized spacial score (nSPS) is 44.0. The quantitative estimate of drug-likeness (QED) is 0.187. The Balaban J connectivity index is 1.04. The Labute approximate surface area is 323 Å². The van der Waals surface area contributed by atoms with Gasteiger partial charge in [-0.3, -0.25) is 14.4 Å². The molecule has 0 aromatic heterocycles. The largest absolute Gasteiger partial charge is 0.479 e. The van der Waals surface area contributed by atoms with Crippen LogP contribution in [0, 0.1) is 17.8 Å². The first-order valence-corrected chi connectivity index (χ1v) is 22.1. The monoisotopic (exact) mass is 770 g/mol. The summed E-state index contributed by atoms with van der Waals surface area (Å²) >= 11 is 1.93. The van der Waals surface area contributed by atoms with Crippen molar-refractivity contribution in [1.29, 1.82) is 0 Å². The number of carbonyl (C=O) groups is 4. The van der Waals surface area contributed by atoms with E-state index in [1.807, 2.05) is 23.9 Å². The molecule has 3 saturated carbocycles. The molecule has 3 aliphatic carbocycles. The Hall–Kier alpha value is -2.27. The van der Waals surface area contributed by atoms with Crippen LogP contribution < -0.4 is 32.1 Å². The van der Waals surface area contributed by atoms with E-state index in [-0.39, 0.29) is 53.8 Å². The molecule has 15 heteroatoms. The predicted molar refractivity (Wildman–Crippen MR) is 205 cm³/mol. The highest BCUT2D eigenvalue weighted by molar-refractivity contribution is 8.00. The second-order valence-corrected chi connectivity index (χ2v) is 18.7. The van der Waals surface area contributed by atoms with E-state index in [0.717, 1.165) is 82.9 Å². The molecule has 4 saturated heterocycles. The van der Waals surface area contributed by atoms with Gasteiger partial charge in [-0.1, -0.05) is 37.8 Å². The fourth-order valence-electron chi connectivity index (χ4n) is 10.8. The molecule has 8 rings (SSSR count). The standard InChI is InChI=1S/C39H62N8O6S/c1-53-27-15-13-23(14-16-27)32-33(36-40-17-18-54-36)45-47(44-32)26-20-31-35(49)43-39(38(51)52)21-25(39)10-5-3-2-4-6-12-29(37(50)46(31)22-26)42-34(48)30-19-24-9-7-8-11-28(24)41-30/h5,10,23-33,36,40-41,44-45H,2-4,6-9,11-22H2,1H3,(H,42,48)(H,43,49)(H,51,52)/b10-5-/t23?,24?,25-,26+,27?,28?,29-,30?,31+,32?,33?,36?,39+/m1/s1. The topological polar surface area (TPSA) is 176 Å². The van der Waals surface area contributed by atoms with Crippen molar-refractivity contribution >= 4 is 35.5 Å². The zero-order chi connectivity index (χ0) is 37.4. The van der Waals surface area contributed by atoms with Crippen molar-refractivity contribution in [3.8, 4) is 0 Å². The van der Waals surface area contributed by atoms with Crippen molar-refractivity contribution in [3.05, 3.63) is 12.2 Å². The average Bonchev–Trinajstić information content (AvgIpc) is 3.79. The summed E-state index contributed by atoms with van der Waals surface area (Å²) in [6.07, 6.45) is 18.3. The fraction of sp³-hybridized carbons (Fsp3) is 0.846. The number of hydrazine groups is 2. The van der Waals surface area contributed by atoms with Crippen molar-refractivity contribution in [2.24, 2.45) is 17.8 Å². The zero-order valence-electron chi connectivity index (χ0n) is 31.8. The smallest absolute Gasteiger partial charge is 0.330 e. The molecular formula is C39H62N8O6S. The van der Waals surface area contributed by atoms with Gasteiger partial charge in [-0.15, -0.1) is 11.8 Å². The molecule has 0 bridgehead atoms. The highest BCUT2D eigenvalue weighted by Gasteiger charge is 2.62. The Morgan fingerprint density at radius 3 is 2.52 bits per heavy atom. The lowest BCUT2D eigenvalue weighted by atomic mass is 9.80. The van der Waals surface area contributed by atoms with Gasteiger partial charge in [-0.25, -0.2) is 15.6 Å². The predicted octanol–water partition coefficient (Wildman–Crippen LogP) is 1.77. The number of fused-ring (bicyclic) bond motifs is 3. The van der Waals surface area contributed by atoms with Crippen molar-refractivity contribution in [2.45, 2.75) is 162 Å². The van der Waals surface area contributed by atoms with Crippen LogP contribution in [-0.4, -0.2) is 124 Å². The van der Waals surface area contributed by atoms with E-state index < -0.39 is 29.5 Å². The number of aliphatic carboxylic acids is 1. The number of methoxy groups -OCH3 is 1. The lowest BCUT2D eigenvalue weighted by Crippen LogP contribution is -2.57. The molecular weight excluding hydrogens is 709 g/mol. The Kier molecular flexibility index (Phi) is 11.9. The van der Waals surface area contributed by atoms with E-state index in [1.165, 1.54) is 12.8 Å². The van der Waals surface area contributed by atoms with Crippen LogP contribution in [0.5, 0.6) is 0 Å². The molecule has 11 atom stereocenters. The van der Waals surface area contributed by atoms with E-state index in [4.69, 9.17) is 4.74 Å². The summed E-state index contributed by atoms with van der Waals surface area (Å²) in [5.74, 6) is -0.179. The fourth-order valence-corrected chi connectivity index (χ4v) is 12.0. The van der Waals surface area contributed by atoms with E-state index in [2.05, 4.69) is 37.2 Å². The van der Waals surface area contributed by atoms with Gasteiger partial charge in [0.1, 0.15) is 17.6 Å². The average molecular weight is 771 g/mol. The lowest BCUT2D eigenvalue weighted by molar-refractivity contribution is -0.146. The molecule has 8 aliphatic rings. The Bertz CT molecular complexity index is 1410. The number of amides is 3. The number of carboxylic acids is 1. The van der Waals surface area contributed by atoms with Gasteiger partial charge in [0.05, 0.1) is 29.6 Å². The lowest BCUT2D eigenvalue weighted by Gasteiger charge is -2.35. The summed E-state index contributed by atoms with van der Waals surface area (Å²) in [5.41, 5.74) is 6.25. The van der Waals surface area contributed by atoms with Gasteiger partial charge in [0.15, 0.2) is 0 Å². The number of nitrogens with zero attached hydrogens (tertiary/aromatic N) is 2. The van der Waals surface area contributed by atoms with Crippen molar-refractivity contribution in [3.63, 3.8) is 0 Å². The van der Waals surface area contributed by atoms with E-state index in [0.29, 0.717) is 43.2 Å². The summed E-state index contributed by atoms with van der Waals surface area (Å²) in [5, 5.41) is 26.0. The van der Waals surface area contributed by atoms with Crippen LogP contribution in [-0.2, 0) is 23.9 Å². The van der Waals surface area contributed by atoms with Crippen LogP contribution in [0.2, 0.25) is 0 Å². The minimum absolute atomic E-state index is 0.119. The number of thioether (sulfide) groups is 1. The van der Waals surface area contributed by atoms with Gasteiger partial charge in [0.2, 0.25) is 17.7 Å². The first-order chi connectivity index (χ1) is 26.2. The third-order valence-corrected chi connectivity index (χ3v) is 15.4. The van der Waals surface area contributed by atoms with Crippen molar-refractivity contribution < 1.29 is 29.0 Å². The van der Waals surface area contributed by atoms with Crippen LogP contribution in [0.4, 0.5) is 0 Å². The van der Waals surface area contributed by atoms with Crippen LogP contribution in [0.1, 0.15) is 103 Å². The molecule has 5 heterocycles. The molecule has 0 aromatic rings. The third-order valence-electron chi connectivity index (χ3n) is 14.1. The number of hydrogen-bond acceptors (Lipinski definition) is 11. The molecule has 7 fully saturated rings. The van der Waals surface area contributed by atoms with Crippen LogP contribution in [0.25, 0.3) is 0 Å². The third kappa shape index (κ3) is 7.97. The maximum absolute atomic E-state index is 14.8. The second kappa shape index (κ2) is 16.7. The van der Waals surface area contributed by atoms with Gasteiger partial charge >= 0.3 is 5.97 Å². The van der Waals surface area contributed by atoms with Crippen molar-refractivity contribution in [1.82, 2.24) is 42.1 Å². The number of allylic oxidation sites excluding steroid dienone is 1. The summed E-state index contributed by atoms with van der Waals surface area (Å²) in [6.45, 7) is 1.23. The SMILES string of the molecule is COC1CCC(C2NN([C@H]3C[C@H]4C(=O)N[C@@]5(C(=O)O)C[C@H]5/C=C\CCCCC[C@@H](NC(=O)C5CC6CCCCC6N5)C(=O)N4C3)NC2C2NCCS2)CC1. The Morgan fingerprint density at radius 1 is 0.963 bits per heavy atom. The molecule has 300 valence electrons. The second-order valence-electron chi connectivity index (χ2n) is 17.4. The van der Waals surface area contributed by atoms with E-state index in [1.54, 1.807) is 12.0 Å². The summed E-state index contributed by atoms with van der Waals surface area (Å²) in [7, 11) is 1.80. The highest BCUT2D eigenvalue weighted by Crippen LogP contribution is 2.46. The van der Waals surface area contributed by atoms with E-state index >= 15 is 0 Å². The van der Waals surface area contributed by atoms with Gasteiger partial charge in [-0.2, -0.15) is 5.12 Å². The molecule has 54 heavy (non-hydrogen) atoms. The van der Waals surface area contributed by atoms with Gasteiger partial charge in [0.25, 0.3) is 0 Å². The summed E-state index contributed by atoms with van der Waals surface area (Å²) in [4.78, 5) is 57.3. The van der Waals surface area contributed by atoms with Crippen molar-refractivity contribution in [2.75, 3.05) is 26.0 Å². The van der Waals surface area contributed by atoms with Crippen LogP contribution in [0.15, 0.2) is 12.2 Å². The summed E-state index contributed by atoms with van der Waals surface area (Å²) in [6, 6.07) is -1.58. The van der Waals surface area contributed by atoms with Crippen LogP contribution in [0.3, 0.4) is 0 Å². The van der Waals surface area contributed by atoms with Crippen LogP contribution >= 0.6 is 11.8 Å². The minimum atomic E-state index is -1.37. The number of nitrogens with one attached hydrogen (secondary N) is 6. The number of carboxylic acid groups (broad SMARTS) is 1. The molecule has 0 aromatic carbocycles. The number of rotatable bonds is 7. The maximum atomic E-state index is 14.8. The maximum Gasteiger partial charge on any atom is 0.330 e. The first-order valence-electron chi connectivity index (χ1n) is 21.0. The molecule has 6 unspecified atom stereocenters. The molecule has 14 nitrogen and oxygen atoms in total. The van der Waals surface area contributed by atoms with Gasteiger partial charge < -0.3 is 36.0 Å². The molecule has 0 radical (unpaired) electrons. The van der Waals surface area contributed by atoms with E-state index in [9.17, 15) is 24.3 Å². The molecule has 0 spiro atoms. The summed E-state index contributed by atoms with van der Waals surface area (Å²) < 4.78 is 5.69. The minimum Gasteiger partial charge on any atom is -0.479 e. The van der Waals surface area contributed by atoms with Gasteiger partial charge in [0, 0.05) is 44.0 Å². The highest BCUT2D eigenvalue weighted by atomic mass is 32.2. The molecule has 5 aliphatic heterocycles.